The van der Waals surface area contributed by atoms with Crippen molar-refractivity contribution in [2.24, 2.45) is 5.92 Å². The van der Waals surface area contributed by atoms with Gasteiger partial charge in [0.05, 0.1) is 11.7 Å². The maximum absolute atomic E-state index is 12.9. The molecule has 1 atom stereocenters. The zero-order valence-corrected chi connectivity index (χ0v) is 14.0. The fourth-order valence-corrected chi connectivity index (χ4v) is 4.46. The SMILES string of the molecule is CCc1noc(Cn2cnc3sc4c(c3c2=O)CCC(C)C4)n1. The van der Waals surface area contributed by atoms with Crippen molar-refractivity contribution in [1.29, 1.82) is 0 Å². The van der Waals surface area contributed by atoms with Gasteiger partial charge in [0.25, 0.3) is 5.56 Å². The van der Waals surface area contributed by atoms with Crippen LogP contribution < -0.4 is 5.56 Å². The highest BCUT2D eigenvalue weighted by Gasteiger charge is 2.23. The van der Waals surface area contributed by atoms with Crippen LogP contribution in [0.2, 0.25) is 0 Å². The molecule has 0 bridgehead atoms. The van der Waals surface area contributed by atoms with E-state index in [1.807, 2.05) is 6.92 Å². The highest BCUT2D eigenvalue weighted by molar-refractivity contribution is 7.18. The lowest BCUT2D eigenvalue weighted by Gasteiger charge is -2.17. The van der Waals surface area contributed by atoms with Gasteiger partial charge < -0.3 is 4.52 Å². The minimum Gasteiger partial charge on any atom is -0.337 e. The molecule has 0 spiro atoms. The lowest BCUT2D eigenvalue weighted by Crippen LogP contribution is -2.22. The Labute approximate surface area is 137 Å². The van der Waals surface area contributed by atoms with Crippen LogP contribution in [-0.2, 0) is 25.8 Å². The minimum atomic E-state index is -0.00157. The van der Waals surface area contributed by atoms with Crippen LogP contribution in [0.4, 0.5) is 0 Å². The molecule has 0 amide bonds. The van der Waals surface area contributed by atoms with Gasteiger partial charge in [0, 0.05) is 11.3 Å². The fraction of sp³-hybridized carbons (Fsp3) is 0.500. The van der Waals surface area contributed by atoms with E-state index in [1.165, 1.54) is 10.4 Å². The van der Waals surface area contributed by atoms with Gasteiger partial charge in [0.2, 0.25) is 5.89 Å². The Balaban J connectivity index is 1.77. The third-order valence-electron chi connectivity index (χ3n) is 4.41. The lowest BCUT2D eigenvalue weighted by atomic mass is 9.89. The lowest BCUT2D eigenvalue weighted by molar-refractivity contribution is 0.365. The van der Waals surface area contributed by atoms with E-state index < -0.39 is 0 Å². The van der Waals surface area contributed by atoms with E-state index in [2.05, 4.69) is 22.0 Å². The molecule has 0 N–H and O–H groups in total. The molecule has 0 aliphatic heterocycles. The first-order valence-electron chi connectivity index (χ1n) is 7.96. The summed E-state index contributed by atoms with van der Waals surface area (Å²) in [7, 11) is 0. The van der Waals surface area contributed by atoms with E-state index >= 15 is 0 Å². The van der Waals surface area contributed by atoms with Gasteiger partial charge in [-0.05, 0) is 30.7 Å². The fourth-order valence-electron chi connectivity index (χ4n) is 3.12. The second-order valence-corrected chi connectivity index (χ2v) is 7.25. The normalized spacial score (nSPS) is 17.6. The van der Waals surface area contributed by atoms with Crippen LogP contribution in [0.1, 0.15) is 42.4 Å². The van der Waals surface area contributed by atoms with Crippen molar-refractivity contribution in [3.8, 4) is 0 Å². The van der Waals surface area contributed by atoms with Crippen molar-refractivity contribution < 1.29 is 4.52 Å². The molecule has 120 valence electrons. The highest BCUT2D eigenvalue weighted by atomic mass is 32.1. The average molecular weight is 330 g/mol. The third kappa shape index (κ3) is 2.49. The first kappa shape index (κ1) is 14.6. The second kappa shape index (κ2) is 5.56. The topological polar surface area (TPSA) is 73.8 Å². The van der Waals surface area contributed by atoms with Gasteiger partial charge >= 0.3 is 0 Å². The molecule has 3 heterocycles. The molecule has 3 aromatic heterocycles. The summed E-state index contributed by atoms with van der Waals surface area (Å²) in [6.45, 7) is 4.50. The molecular weight excluding hydrogens is 312 g/mol. The summed E-state index contributed by atoms with van der Waals surface area (Å²) in [5.74, 6) is 1.79. The Morgan fingerprint density at radius 1 is 1.48 bits per heavy atom. The number of hydrogen-bond acceptors (Lipinski definition) is 6. The smallest absolute Gasteiger partial charge is 0.262 e. The van der Waals surface area contributed by atoms with Gasteiger partial charge in [-0.2, -0.15) is 4.98 Å². The second-order valence-electron chi connectivity index (χ2n) is 6.17. The maximum atomic E-state index is 12.9. The molecule has 0 radical (unpaired) electrons. The Morgan fingerprint density at radius 2 is 2.35 bits per heavy atom. The standard InChI is InChI=1S/C16H18N4O2S/c1-3-12-18-13(22-19-12)7-20-8-17-15-14(16(20)21)10-5-4-9(2)6-11(10)23-15/h8-9H,3-7H2,1-2H3. The number of fused-ring (bicyclic) bond motifs is 3. The first-order valence-corrected chi connectivity index (χ1v) is 8.78. The van der Waals surface area contributed by atoms with Gasteiger partial charge in [-0.15, -0.1) is 11.3 Å². The van der Waals surface area contributed by atoms with Crippen molar-refractivity contribution in [2.75, 3.05) is 0 Å². The third-order valence-corrected chi connectivity index (χ3v) is 5.58. The molecule has 1 aliphatic rings. The Kier molecular flexibility index (Phi) is 3.52. The number of hydrogen-bond donors (Lipinski definition) is 0. The number of aryl methyl sites for hydroxylation is 2. The van der Waals surface area contributed by atoms with Crippen LogP contribution in [0.5, 0.6) is 0 Å². The van der Waals surface area contributed by atoms with Crippen molar-refractivity contribution in [1.82, 2.24) is 19.7 Å². The Hall–Kier alpha value is -2.02. The molecule has 1 unspecified atom stereocenters. The van der Waals surface area contributed by atoms with E-state index in [0.717, 1.165) is 29.5 Å². The van der Waals surface area contributed by atoms with Gasteiger partial charge in [-0.3, -0.25) is 9.36 Å². The largest absolute Gasteiger partial charge is 0.337 e. The minimum absolute atomic E-state index is 0.00157. The summed E-state index contributed by atoms with van der Waals surface area (Å²) in [5, 5.41) is 4.66. The predicted octanol–water partition coefficient (Wildman–Crippen LogP) is 2.58. The van der Waals surface area contributed by atoms with Gasteiger partial charge in [0.15, 0.2) is 5.82 Å². The number of nitrogens with zero attached hydrogens (tertiary/aromatic N) is 4. The maximum Gasteiger partial charge on any atom is 0.262 e. The van der Waals surface area contributed by atoms with Gasteiger partial charge in [-0.25, -0.2) is 4.98 Å². The summed E-state index contributed by atoms with van der Waals surface area (Å²) in [4.78, 5) is 23.8. The summed E-state index contributed by atoms with van der Waals surface area (Å²) in [6.07, 6.45) is 5.46. The molecule has 7 heteroatoms. The monoisotopic (exact) mass is 330 g/mol. The van der Waals surface area contributed by atoms with Crippen LogP contribution >= 0.6 is 11.3 Å². The molecule has 0 saturated heterocycles. The number of aromatic nitrogens is 4. The molecule has 0 saturated carbocycles. The van der Waals surface area contributed by atoms with Gasteiger partial charge in [0.1, 0.15) is 11.4 Å². The van der Waals surface area contributed by atoms with Gasteiger partial charge in [-0.1, -0.05) is 19.0 Å². The molecular formula is C16H18N4O2S. The summed E-state index contributed by atoms with van der Waals surface area (Å²) in [5.41, 5.74) is 1.20. The molecule has 0 aromatic carbocycles. The molecule has 3 aromatic rings. The summed E-state index contributed by atoms with van der Waals surface area (Å²) >= 11 is 1.66. The first-order chi connectivity index (χ1) is 11.2. The zero-order chi connectivity index (χ0) is 16.0. The van der Waals surface area contributed by atoms with E-state index in [-0.39, 0.29) is 12.1 Å². The number of rotatable bonds is 3. The molecule has 0 fully saturated rings. The molecule has 23 heavy (non-hydrogen) atoms. The Morgan fingerprint density at radius 3 is 3.13 bits per heavy atom. The van der Waals surface area contributed by atoms with Crippen LogP contribution in [0.25, 0.3) is 10.2 Å². The van der Waals surface area contributed by atoms with Crippen LogP contribution in [0.3, 0.4) is 0 Å². The van der Waals surface area contributed by atoms with E-state index in [1.54, 1.807) is 22.2 Å². The molecule has 4 rings (SSSR count). The highest BCUT2D eigenvalue weighted by Crippen LogP contribution is 2.35. The molecule has 1 aliphatic carbocycles. The molecule has 6 nitrogen and oxygen atoms in total. The van der Waals surface area contributed by atoms with Crippen LogP contribution in [0.15, 0.2) is 15.6 Å². The van der Waals surface area contributed by atoms with Crippen LogP contribution in [-0.4, -0.2) is 19.7 Å². The average Bonchev–Trinajstić information content (AvgIpc) is 3.13. The van der Waals surface area contributed by atoms with Crippen molar-refractivity contribution in [3.05, 3.63) is 38.8 Å². The van der Waals surface area contributed by atoms with E-state index in [9.17, 15) is 4.79 Å². The summed E-state index contributed by atoms with van der Waals surface area (Å²) in [6, 6.07) is 0. The van der Waals surface area contributed by atoms with Crippen LogP contribution in [0, 0.1) is 5.92 Å². The van der Waals surface area contributed by atoms with E-state index in [0.29, 0.717) is 24.1 Å². The quantitative estimate of drug-likeness (QED) is 0.738. The van der Waals surface area contributed by atoms with Crippen molar-refractivity contribution in [2.45, 2.75) is 46.1 Å². The predicted molar refractivity (Wildman–Crippen MR) is 87.8 cm³/mol. The van der Waals surface area contributed by atoms with E-state index in [4.69, 9.17) is 4.52 Å². The van der Waals surface area contributed by atoms with Crippen molar-refractivity contribution in [3.63, 3.8) is 0 Å². The summed E-state index contributed by atoms with van der Waals surface area (Å²) < 4.78 is 6.76. The Bertz CT molecular complexity index is 924. The zero-order valence-electron chi connectivity index (χ0n) is 13.2. The number of thiophene rings is 1. The van der Waals surface area contributed by atoms with Crippen molar-refractivity contribution >= 4 is 21.6 Å².